The van der Waals surface area contributed by atoms with Gasteiger partial charge in [-0.3, -0.25) is 9.59 Å². The van der Waals surface area contributed by atoms with E-state index in [4.69, 9.17) is 14.9 Å². The third-order valence-electron chi connectivity index (χ3n) is 4.47. The summed E-state index contributed by atoms with van der Waals surface area (Å²) in [5.41, 5.74) is 7.59. The number of aryl methyl sites for hydroxylation is 1. The molecule has 1 heterocycles. The largest absolute Gasteiger partial charge is 0.497 e. The molecule has 3 aromatic rings. The van der Waals surface area contributed by atoms with Crippen molar-refractivity contribution >= 4 is 22.8 Å². The molecule has 6 heteroatoms. The number of benzene rings is 2. The number of amides is 2. The Hall–Kier alpha value is -3.28. The van der Waals surface area contributed by atoms with Crippen molar-refractivity contribution in [2.24, 2.45) is 5.73 Å². The molecule has 0 aliphatic carbocycles. The van der Waals surface area contributed by atoms with Gasteiger partial charge in [0.05, 0.1) is 7.11 Å². The van der Waals surface area contributed by atoms with Crippen molar-refractivity contribution in [2.75, 3.05) is 13.7 Å². The fourth-order valence-corrected chi connectivity index (χ4v) is 2.98. The molecule has 1 aromatic heterocycles. The van der Waals surface area contributed by atoms with Crippen LogP contribution in [0.3, 0.4) is 0 Å². The Bertz CT molecular complexity index is 963. The summed E-state index contributed by atoms with van der Waals surface area (Å²) in [6.45, 7) is 2.44. The van der Waals surface area contributed by atoms with Gasteiger partial charge in [-0.15, -0.1) is 0 Å². The third kappa shape index (κ3) is 4.11. The molecular weight excluding hydrogens is 344 g/mol. The van der Waals surface area contributed by atoms with Crippen molar-refractivity contribution in [1.29, 1.82) is 0 Å². The lowest BCUT2D eigenvalue weighted by atomic mass is 10.1. The van der Waals surface area contributed by atoms with E-state index in [1.54, 1.807) is 18.1 Å². The minimum absolute atomic E-state index is 0.0890. The van der Waals surface area contributed by atoms with Crippen LogP contribution in [-0.4, -0.2) is 30.4 Å². The van der Waals surface area contributed by atoms with Gasteiger partial charge in [0.1, 0.15) is 11.3 Å². The standard InChI is InChI=1S/C21H22N2O4/c1-14-17-9-8-16(26-2)12-18(17)27-20(14)21(25)23(11-10-19(22)24)13-15-6-4-3-5-7-15/h3-9,12H,10-11,13H2,1-2H3,(H2,22,24). The van der Waals surface area contributed by atoms with Crippen LogP contribution < -0.4 is 10.5 Å². The van der Waals surface area contributed by atoms with Gasteiger partial charge in [0.25, 0.3) is 5.91 Å². The van der Waals surface area contributed by atoms with Gasteiger partial charge >= 0.3 is 0 Å². The summed E-state index contributed by atoms with van der Waals surface area (Å²) < 4.78 is 11.1. The highest BCUT2D eigenvalue weighted by Gasteiger charge is 2.24. The Morgan fingerprint density at radius 2 is 1.89 bits per heavy atom. The van der Waals surface area contributed by atoms with Crippen LogP contribution in [0.4, 0.5) is 0 Å². The van der Waals surface area contributed by atoms with E-state index >= 15 is 0 Å². The molecule has 3 rings (SSSR count). The van der Waals surface area contributed by atoms with Crippen molar-refractivity contribution < 1.29 is 18.7 Å². The van der Waals surface area contributed by atoms with Crippen LogP contribution in [-0.2, 0) is 11.3 Å². The summed E-state index contributed by atoms with van der Waals surface area (Å²) in [6, 6.07) is 15.0. The van der Waals surface area contributed by atoms with Crippen LogP contribution in [0.15, 0.2) is 52.9 Å². The zero-order chi connectivity index (χ0) is 19.4. The van der Waals surface area contributed by atoms with Gasteiger partial charge in [0.2, 0.25) is 5.91 Å². The summed E-state index contributed by atoms with van der Waals surface area (Å²) in [5.74, 6) is 0.198. The molecule has 0 fully saturated rings. The highest BCUT2D eigenvalue weighted by molar-refractivity contribution is 5.99. The molecule has 27 heavy (non-hydrogen) atoms. The lowest BCUT2D eigenvalue weighted by molar-refractivity contribution is -0.118. The number of carbonyl (C=O) groups excluding carboxylic acids is 2. The molecule has 2 N–H and O–H groups in total. The van der Waals surface area contributed by atoms with Gasteiger partial charge in [-0.2, -0.15) is 0 Å². The highest BCUT2D eigenvalue weighted by Crippen LogP contribution is 2.29. The van der Waals surface area contributed by atoms with Crippen LogP contribution in [0.2, 0.25) is 0 Å². The monoisotopic (exact) mass is 366 g/mol. The molecule has 0 spiro atoms. The molecule has 6 nitrogen and oxygen atoms in total. The number of nitrogens with zero attached hydrogens (tertiary/aromatic N) is 1. The molecule has 140 valence electrons. The Balaban J connectivity index is 1.93. The number of rotatable bonds is 7. The van der Waals surface area contributed by atoms with Crippen molar-refractivity contribution in [2.45, 2.75) is 19.9 Å². The third-order valence-corrected chi connectivity index (χ3v) is 4.47. The molecule has 2 amide bonds. The van der Waals surface area contributed by atoms with E-state index in [0.717, 1.165) is 16.5 Å². The molecule has 0 saturated carbocycles. The molecule has 0 bridgehead atoms. The Kier molecular flexibility index (Phi) is 5.45. The van der Waals surface area contributed by atoms with Crippen LogP contribution in [0, 0.1) is 6.92 Å². The first kappa shape index (κ1) is 18.5. The quantitative estimate of drug-likeness (QED) is 0.695. The van der Waals surface area contributed by atoms with Crippen molar-refractivity contribution in [3.8, 4) is 5.75 Å². The zero-order valence-corrected chi connectivity index (χ0v) is 15.4. The zero-order valence-electron chi connectivity index (χ0n) is 15.4. The van der Waals surface area contributed by atoms with Gasteiger partial charge < -0.3 is 19.8 Å². The van der Waals surface area contributed by atoms with Gasteiger partial charge in [0.15, 0.2) is 5.76 Å². The van der Waals surface area contributed by atoms with Crippen molar-refractivity contribution in [1.82, 2.24) is 4.90 Å². The second-order valence-electron chi connectivity index (χ2n) is 6.35. The predicted octanol–water partition coefficient (Wildman–Crippen LogP) is 3.27. The lowest BCUT2D eigenvalue weighted by Gasteiger charge is -2.21. The van der Waals surface area contributed by atoms with E-state index in [1.165, 1.54) is 0 Å². The Morgan fingerprint density at radius 1 is 1.15 bits per heavy atom. The first-order valence-corrected chi connectivity index (χ1v) is 8.68. The number of furan rings is 1. The molecule has 0 atom stereocenters. The first-order chi connectivity index (χ1) is 13.0. The number of carbonyl (C=O) groups is 2. The normalized spacial score (nSPS) is 10.7. The molecular formula is C21H22N2O4. The van der Waals surface area contributed by atoms with Crippen molar-refractivity contribution in [3.63, 3.8) is 0 Å². The number of primary amides is 1. The minimum Gasteiger partial charge on any atom is -0.497 e. The van der Waals surface area contributed by atoms with Crippen molar-refractivity contribution in [3.05, 3.63) is 65.4 Å². The maximum absolute atomic E-state index is 13.2. The topological polar surface area (TPSA) is 85.8 Å². The molecule has 2 aromatic carbocycles. The molecule has 0 unspecified atom stereocenters. The Labute approximate surface area is 157 Å². The van der Waals surface area contributed by atoms with Crippen LogP contribution in [0.1, 0.15) is 28.1 Å². The van der Waals surface area contributed by atoms with Crippen LogP contribution in [0.25, 0.3) is 11.0 Å². The number of hydrogen-bond donors (Lipinski definition) is 1. The lowest BCUT2D eigenvalue weighted by Crippen LogP contribution is -2.33. The molecule has 0 radical (unpaired) electrons. The second-order valence-corrected chi connectivity index (χ2v) is 6.35. The van der Waals surface area contributed by atoms with Gasteiger partial charge in [0, 0.05) is 36.5 Å². The van der Waals surface area contributed by atoms with E-state index in [-0.39, 0.29) is 24.6 Å². The maximum atomic E-state index is 13.2. The SMILES string of the molecule is COc1ccc2c(C)c(C(=O)N(CCC(N)=O)Cc3ccccc3)oc2c1. The minimum atomic E-state index is -0.452. The average Bonchev–Trinajstić information content (AvgIpc) is 3.01. The summed E-state index contributed by atoms with van der Waals surface area (Å²) in [5, 5.41) is 0.855. The van der Waals surface area contributed by atoms with E-state index in [2.05, 4.69) is 0 Å². The van der Waals surface area contributed by atoms with E-state index in [0.29, 0.717) is 17.9 Å². The summed E-state index contributed by atoms with van der Waals surface area (Å²) >= 11 is 0. The summed E-state index contributed by atoms with van der Waals surface area (Å²) in [4.78, 5) is 26.0. The number of fused-ring (bicyclic) bond motifs is 1. The average molecular weight is 366 g/mol. The maximum Gasteiger partial charge on any atom is 0.290 e. The number of hydrogen-bond acceptors (Lipinski definition) is 4. The Morgan fingerprint density at radius 3 is 2.56 bits per heavy atom. The first-order valence-electron chi connectivity index (χ1n) is 8.68. The smallest absolute Gasteiger partial charge is 0.290 e. The van der Waals surface area contributed by atoms with E-state index in [1.807, 2.05) is 49.4 Å². The number of methoxy groups -OCH3 is 1. The molecule has 0 saturated heterocycles. The molecule has 0 aliphatic heterocycles. The summed E-state index contributed by atoms with van der Waals surface area (Å²) in [7, 11) is 1.58. The summed E-state index contributed by atoms with van der Waals surface area (Å²) in [6.07, 6.45) is 0.0890. The van der Waals surface area contributed by atoms with E-state index < -0.39 is 5.91 Å². The van der Waals surface area contributed by atoms with Crippen LogP contribution in [0.5, 0.6) is 5.75 Å². The van der Waals surface area contributed by atoms with Crippen LogP contribution >= 0.6 is 0 Å². The highest BCUT2D eigenvalue weighted by atomic mass is 16.5. The molecule has 0 aliphatic rings. The number of nitrogens with two attached hydrogens (primary N) is 1. The van der Waals surface area contributed by atoms with Gasteiger partial charge in [-0.25, -0.2) is 0 Å². The van der Waals surface area contributed by atoms with E-state index in [9.17, 15) is 9.59 Å². The van der Waals surface area contributed by atoms with Gasteiger partial charge in [-0.1, -0.05) is 30.3 Å². The predicted molar refractivity (Wildman–Crippen MR) is 102 cm³/mol. The fraction of sp³-hybridized carbons (Fsp3) is 0.238. The fourth-order valence-electron chi connectivity index (χ4n) is 2.98. The number of ether oxygens (including phenoxy) is 1. The second kappa shape index (κ2) is 7.95. The van der Waals surface area contributed by atoms with Gasteiger partial charge in [-0.05, 0) is 24.6 Å².